The lowest BCUT2D eigenvalue weighted by atomic mass is 10.1. The van der Waals surface area contributed by atoms with Crippen molar-refractivity contribution in [3.05, 3.63) is 0 Å². The van der Waals surface area contributed by atoms with E-state index in [0.717, 1.165) is 9.97 Å². The molecule has 0 spiro atoms. The van der Waals surface area contributed by atoms with Crippen LogP contribution in [0.1, 0.15) is 33.6 Å². The van der Waals surface area contributed by atoms with Gasteiger partial charge in [0.1, 0.15) is 0 Å². The second-order valence-electron chi connectivity index (χ2n) is 3.58. The summed E-state index contributed by atoms with van der Waals surface area (Å²) in [6.07, 6.45) is 2.71. The maximum Gasteiger partial charge on any atom is 0.0586 e. The Bertz CT molecular complexity index is 148. The summed E-state index contributed by atoms with van der Waals surface area (Å²) in [5.41, 5.74) is 0. The normalized spacial score (nSPS) is 18.0. The van der Waals surface area contributed by atoms with Crippen molar-refractivity contribution in [1.29, 1.82) is 0 Å². The molecule has 3 heteroatoms. The van der Waals surface area contributed by atoms with Gasteiger partial charge in [0, 0.05) is 0 Å². The molecule has 0 radical (unpaired) electrons. The van der Waals surface area contributed by atoms with E-state index in [0.29, 0.717) is 33.2 Å². The van der Waals surface area contributed by atoms with E-state index in [9.17, 15) is 0 Å². The molecule has 0 saturated carbocycles. The van der Waals surface area contributed by atoms with Crippen LogP contribution in [0, 0.1) is 5.92 Å². The smallest absolute Gasteiger partial charge is 0.0586 e. The highest BCUT2D eigenvalue weighted by molar-refractivity contribution is 14.8. The number of alkyl halides is 2. The van der Waals surface area contributed by atoms with E-state index in [4.69, 9.17) is 0 Å². The standard InChI is InChI=1S/C10H23I2N/c1-6-9(2)7-8-13(5)10(3)12-11-4/h9-10H,6-8H2,1-5H3/t9?,10-/m1/s1. The van der Waals surface area contributed by atoms with Crippen molar-refractivity contribution in [2.75, 3.05) is 18.5 Å². The SMILES string of the molecule is CCC(C)CCN(C)[C@H](C)I=IC. The van der Waals surface area contributed by atoms with E-state index in [1.54, 1.807) is 0 Å². The van der Waals surface area contributed by atoms with Crippen molar-refractivity contribution >= 4 is 33.2 Å². The zero-order valence-corrected chi connectivity index (χ0v) is 13.8. The highest BCUT2D eigenvalue weighted by atomic mass is 128. The predicted molar refractivity (Wildman–Crippen MR) is 80.1 cm³/mol. The van der Waals surface area contributed by atoms with E-state index >= 15 is 0 Å². The Morgan fingerprint density at radius 3 is 2.38 bits per heavy atom. The van der Waals surface area contributed by atoms with Crippen LogP contribution in [0.4, 0.5) is 0 Å². The molecule has 0 rings (SSSR count). The van der Waals surface area contributed by atoms with Gasteiger partial charge in [-0.3, -0.25) is 4.90 Å². The number of nitrogens with zero attached hydrogens (tertiary/aromatic N) is 1. The molecular weight excluding hydrogens is 388 g/mol. The van der Waals surface area contributed by atoms with Crippen LogP contribution in [0.2, 0.25) is 0 Å². The maximum absolute atomic E-state index is 2.57. The van der Waals surface area contributed by atoms with Crippen LogP contribution in [-0.2, 0) is 0 Å². The molecule has 0 saturated heterocycles. The highest BCUT2D eigenvalue weighted by Gasteiger charge is 2.07. The van der Waals surface area contributed by atoms with Crippen molar-refractivity contribution in [3.63, 3.8) is 0 Å². The Kier molecular flexibility index (Phi) is 9.66. The monoisotopic (exact) mass is 411 g/mol. The summed E-state index contributed by atoms with van der Waals surface area (Å²) in [6.45, 7) is 8.37. The van der Waals surface area contributed by atoms with Gasteiger partial charge in [-0.1, -0.05) is 53.5 Å². The van der Waals surface area contributed by atoms with Crippen LogP contribution < -0.4 is 0 Å². The van der Waals surface area contributed by atoms with Crippen LogP contribution >= 0.6 is 33.2 Å². The third-order valence-corrected chi connectivity index (χ3v) is 12.3. The summed E-state index contributed by atoms with van der Waals surface area (Å²) >= 11 is 1.10. The Morgan fingerprint density at radius 1 is 1.31 bits per heavy atom. The average Bonchev–Trinajstić information content (AvgIpc) is 2.13. The molecule has 13 heavy (non-hydrogen) atoms. The van der Waals surface area contributed by atoms with Crippen LogP contribution in [0.5, 0.6) is 0 Å². The van der Waals surface area contributed by atoms with Crippen LogP contribution in [0.25, 0.3) is 0 Å². The molecule has 0 aromatic rings. The van der Waals surface area contributed by atoms with Gasteiger partial charge in [-0.05, 0) is 37.8 Å². The van der Waals surface area contributed by atoms with Gasteiger partial charge < -0.3 is 0 Å². The lowest BCUT2D eigenvalue weighted by molar-refractivity contribution is 0.306. The van der Waals surface area contributed by atoms with Gasteiger partial charge in [0.25, 0.3) is 0 Å². The Balaban J connectivity index is 3.66. The van der Waals surface area contributed by atoms with Gasteiger partial charge in [0.2, 0.25) is 0 Å². The quantitative estimate of drug-likeness (QED) is 0.360. The van der Waals surface area contributed by atoms with Crippen molar-refractivity contribution < 1.29 is 0 Å². The van der Waals surface area contributed by atoms with Crippen LogP contribution in [-0.4, -0.2) is 27.5 Å². The molecule has 82 valence electrons. The minimum Gasteiger partial charge on any atom is -0.295 e. The van der Waals surface area contributed by atoms with E-state index in [-0.39, 0.29) is 0 Å². The lowest BCUT2D eigenvalue weighted by Crippen LogP contribution is -2.26. The molecule has 0 N–H and O–H groups in total. The molecule has 0 aliphatic rings. The first-order valence-corrected chi connectivity index (χ1v) is 14.6. The zero-order valence-electron chi connectivity index (χ0n) is 9.48. The maximum atomic E-state index is 2.57. The third kappa shape index (κ3) is 7.36. The number of hydrogen-bond acceptors (Lipinski definition) is 1. The largest absolute Gasteiger partial charge is 0.295 e. The summed E-state index contributed by atoms with van der Waals surface area (Å²) < 4.78 is 0.917. The Hall–Kier alpha value is 1.42. The number of hydrogen-bond donors (Lipinski definition) is 0. The van der Waals surface area contributed by atoms with Gasteiger partial charge in [-0.15, -0.1) is 0 Å². The average molecular weight is 411 g/mol. The highest BCUT2D eigenvalue weighted by Crippen LogP contribution is 2.22. The van der Waals surface area contributed by atoms with E-state index in [2.05, 4.69) is 37.6 Å². The molecule has 0 fully saturated rings. The number of halogens is 2. The first-order chi connectivity index (χ1) is 6.11. The van der Waals surface area contributed by atoms with Crippen molar-refractivity contribution in [3.8, 4) is 0 Å². The van der Waals surface area contributed by atoms with Crippen LogP contribution in [0.3, 0.4) is 0 Å². The van der Waals surface area contributed by atoms with Crippen molar-refractivity contribution in [2.24, 2.45) is 5.92 Å². The second-order valence-corrected chi connectivity index (χ2v) is 15.3. The van der Waals surface area contributed by atoms with E-state index in [1.807, 2.05) is 0 Å². The predicted octanol–water partition coefficient (Wildman–Crippen LogP) is 4.19. The molecular formula is C10H23I2N. The molecule has 0 heterocycles. The van der Waals surface area contributed by atoms with Gasteiger partial charge >= 0.3 is 0 Å². The summed E-state index contributed by atoms with van der Waals surface area (Å²) in [7, 11) is 2.30. The molecule has 0 bridgehead atoms. The topological polar surface area (TPSA) is 3.24 Å². The van der Waals surface area contributed by atoms with Gasteiger partial charge in [-0.25, -0.2) is 0 Å². The van der Waals surface area contributed by atoms with Crippen LogP contribution in [0.15, 0.2) is 0 Å². The van der Waals surface area contributed by atoms with E-state index in [1.165, 1.54) is 19.4 Å². The first kappa shape index (κ1) is 14.4. The van der Waals surface area contributed by atoms with Crippen molar-refractivity contribution in [1.82, 2.24) is 4.90 Å². The summed E-state index contributed by atoms with van der Waals surface area (Å²) in [6, 6.07) is 0. The van der Waals surface area contributed by atoms with Gasteiger partial charge in [0.05, 0.1) is 4.05 Å². The molecule has 2 atom stereocenters. The third-order valence-electron chi connectivity index (χ3n) is 2.48. The molecule has 0 aromatic carbocycles. The molecule has 0 amide bonds. The fraction of sp³-hybridized carbons (Fsp3) is 1.00. The molecule has 0 aliphatic carbocycles. The zero-order chi connectivity index (χ0) is 10.3. The fourth-order valence-corrected chi connectivity index (χ4v) is 9.29. The minimum absolute atomic E-state index is 0.524. The molecule has 1 unspecified atom stereocenters. The molecule has 0 aliphatic heterocycles. The second kappa shape index (κ2) is 8.71. The summed E-state index contributed by atoms with van der Waals surface area (Å²) in [5, 5.41) is 0. The summed E-state index contributed by atoms with van der Waals surface area (Å²) in [5.74, 6) is 0.907. The lowest BCUT2D eigenvalue weighted by Gasteiger charge is -2.22. The molecule has 0 aromatic heterocycles. The molecule has 1 nitrogen and oxygen atoms in total. The van der Waals surface area contributed by atoms with E-state index < -0.39 is 0 Å². The van der Waals surface area contributed by atoms with Gasteiger partial charge in [0.15, 0.2) is 0 Å². The first-order valence-electron chi connectivity index (χ1n) is 4.94. The Morgan fingerprint density at radius 2 is 1.92 bits per heavy atom. The van der Waals surface area contributed by atoms with Crippen molar-refractivity contribution in [2.45, 2.75) is 37.7 Å². The van der Waals surface area contributed by atoms with Gasteiger partial charge in [-0.2, -0.15) is 0 Å². The Labute approximate surface area is 99.3 Å². The number of rotatable bonds is 6. The fourth-order valence-electron chi connectivity index (χ4n) is 0.988. The minimum atomic E-state index is 0.524. The summed E-state index contributed by atoms with van der Waals surface area (Å²) in [4.78, 5) is 4.99.